The molecular weight excluding hydrogens is 354 g/mol. The molecule has 0 saturated heterocycles. The highest BCUT2D eigenvalue weighted by Gasteiger charge is 2.28. The van der Waals surface area contributed by atoms with Crippen molar-refractivity contribution < 1.29 is 4.79 Å². The molecule has 0 radical (unpaired) electrons. The lowest BCUT2D eigenvalue weighted by Crippen LogP contribution is -2.33. The maximum absolute atomic E-state index is 12.7. The molecule has 1 aromatic carbocycles. The maximum atomic E-state index is 12.7. The van der Waals surface area contributed by atoms with Crippen LogP contribution in [0.15, 0.2) is 29.3 Å². The molecule has 0 saturated carbocycles. The number of rotatable bonds is 6. The van der Waals surface area contributed by atoms with Crippen LogP contribution >= 0.6 is 24.2 Å². The number of amides is 1. The molecule has 0 spiro atoms. The first-order valence-corrected chi connectivity index (χ1v) is 9.86. The second kappa shape index (κ2) is 8.97. The van der Waals surface area contributed by atoms with Crippen LogP contribution in [0.25, 0.3) is 10.9 Å². The molecule has 0 fully saturated rings. The Morgan fingerprint density at radius 3 is 2.72 bits per heavy atom. The number of carbonyl (C=O) groups excluding carboxylic acids is 1. The number of fused-ring (bicyclic) bond motifs is 3. The van der Waals surface area contributed by atoms with E-state index in [2.05, 4.69) is 34.1 Å². The monoisotopic (exact) mass is 381 g/mol. The first-order valence-electron chi connectivity index (χ1n) is 8.87. The highest BCUT2D eigenvalue weighted by Crippen LogP contribution is 2.43. The highest BCUT2D eigenvalue weighted by atomic mass is 35.5. The Morgan fingerprint density at radius 2 is 2.04 bits per heavy atom. The summed E-state index contributed by atoms with van der Waals surface area (Å²) in [6.07, 6.45) is 1.19. The Bertz CT molecular complexity index is 727. The van der Waals surface area contributed by atoms with E-state index < -0.39 is 0 Å². The van der Waals surface area contributed by atoms with E-state index in [9.17, 15) is 4.79 Å². The summed E-state index contributed by atoms with van der Waals surface area (Å²) < 4.78 is 2.25. The van der Waals surface area contributed by atoms with Gasteiger partial charge in [0.1, 0.15) is 6.54 Å². The number of aromatic nitrogens is 1. The fourth-order valence-electron chi connectivity index (χ4n) is 3.72. The first kappa shape index (κ1) is 20.1. The molecule has 6 heteroatoms. The van der Waals surface area contributed by atoms with E-state index >= 15 is 0 Å². The molecule has 0 aliphatic carbocycles. The van der Waals surface area contributed by atoms with E-state index in [1.54, 1.807) is 0 Å². The van der Waals surface area contributed by atoms with Crippen LogP contribution in [0, 0.1) is 0 Å². The fraction of sp³-hybridized carbons (Fsp3) is 0.526. The van der Waals surface area contributed by atoms with E-state index in [0.29, 0.717) is 12.5 Å². The minimum Gasteiger partial charge on any atom is -0.342 e. The molecule has 4 nitrogen and oxygen atoms in total. The van der Waals surface area contributed by atoms with Gasteiger partial charge in [0.25, 0.3) is 0 Å². The van der Waals surface area contributed by atoms with Crippen molar-refractivity contribution in [2.75, 3.05) is 32.4 Å². The van der Waals surface area contributed by atoms with E-state index in [1.165, 1.54) is 27.9 Å². The smallest absolute Gasteiger partial charge is 0.242 e. The van der Waals surface area contributed by atoms with Crippen LogP contribution in [-0.4, -0.2) is 47.8 Å². The van der Waals surface area contributed by atoms with Gasteiger partial charge < -0.3 is 14.8 Å². The summed E-state index contributed by atoms with van der Waals surface area (Å²) in [7, 11) is 2.02. The number of para-hydroxylation sites is 1. The Balaban J connectivity index is 0.00000225. The Labute approximate surface area is 160 Å². The van der Waals surface area contributed by atoms with Gasteiger partial charge in [0, 0.05) is 42.2 Å². The van der Waals surface area contributed by atoms with Crippen molar-refractivity contribution in [3.8, 4) is 0 Å². The number of thioether (sulfide) groups is 1. The van der Waals surface area contributed by atoms with Gasteiger partial charge in [-0.05, 0) is 38.9 Å². The average molecular weight is 382 g/mol. The Kier molecular flexibility index (Phi) is 7.23. The predicted molar refractivity (Wildman–Crippen MR) is 109 cm³/mol. The maximum Gasteiger partial charge on any atom is 0.242 e. The minimum absolute atomic E-state index is 0. The molecule has 1 unspecified atom stereocenters. The molecule has 1 aliphatic heterocycles. The van der Waals surface area contributed by atoms with E-state index in [1.807, 2.05) is 37.6 Å². The molecule has 1 aromatic heterocycles. The minimum atomic E-state index is 0. The predicted octanol–water partition coefficient (Wildman–Crippen LogP) is 3.73. The largest absolute Gasteiger partial charge is 0.342 e. The third-order valence-corrected chi connectivity index (χ3v) is 6.09. The standard InChI is InChI=1S/C19H27N3OS.ClH/c1-4-21(5-2)17(23)13-22-16-9-7-6-8-15(16)18-14(12-20-3)10-11-24-19(18)22;/h6-9,14,20H,4-5,10-13H2,1-3H3;1H. The van der Waals surface area contributed by atoms with Gasteiger partial charge in [-0.1, -0.05) is 18.2 Å². The van der Waals surface area contributed by atoms with Crippen molar-refractivity contribution in [3.05, 3.63) is 29.8 Å². The zero-order valence-electron chi connectivity index (χ0n) is 15.2. The number of carbonyl (C=O) groups is 1. The van der Waals surface area contributed by atoms with Crippen LogP contribution in [0.2, 0.25) is 0 Å². The van der Waals surface area contributed by atoms with E-state index in [-0.39, 0.29) is 18.3 Å². The average Bonchev–Trinajstić information content (AvgIpc) is 2.92. The van der Waals surface area contributed by atoms with Crippen molar-refractivity contribution in [3.63, 3.8) is 0 Å². The lowest BCUT2D eigenvalue weighted by molar-refractivity contribution is -0.131. The summed E-state index contributed by atoms with van der Waals surface area (Å²) in [6, 6.07) is 8.54. The topological polar surface area (TPSA) is 37.3 Å². The van der Waals surface area contributed by atoms with Gasteiger partial charge in [-0.3, -0.25) is 4.79 Å². The highest BCUT2D eigenvalue weighted by molar-refractivity contribution is 7.99. The van der Waals surface area contributed by atoms with E-state index in [4.69, 9.17) is 0 Å². The number of benzene rings is 1. The summed E-state index contributed by atoms with van der Waals surface area (Å²) in [5, 5.41) is 5.94. The lowest BCUT2D eigenvalue weighted by Gasteiger charge is -2.25. The molecule has 0 bridgehead atoms. The Hall–Kier alpha value is -1.17. The zero-order valence-corrected chi connectivity index (χ0v) is 16.9. The van der Waals surface area contributed by atoms with Crippen molar-refractivity contribution >= 4 is 41.0 Å². The SMILES string of the molecule is CCN(CC)C(=O)Cn1c2c(c3ccccc31)C(CNC)CCS2.Cl. The van der Waals surface area contributed by atoms with Crippen LogP contribution in [0.4, 0.5) is 0 Å². The van der Waals surface area contributed by atoms with E-state index in [0.717, 1.165) is 25.4 Å². The van der Waals surface area contributed by atoms with Gasteiger partial charge in [-0.15, -0.1) is 24.2 Å². The van der Waals surface area contributed by atoms with Crippen LogP contribution in [0.3, 0.4) is 0 Å². The van der Waals surface area contributed by atoms with Gasteiger partial charge in [0.2, 0.25) is 5.91 Å². The zero-order chi connectivity index (χ0) is 17.1. The van der Waals surface area contributed by atoms with Gasteiger partial charge in [-0.2, -0.15) is 0 Å². The number of nitrogens with one attached hydrogen (secondary N) is 1. The third-order valence-electron chi connectivity index (χ3n) is 4.93. The molecule has 138 valence electrons. The second-order valence-electron chi connectivity index (χ2n) is 6.28. The summed E-state index contributed by atoms with van der Waals surface area (Å²) in [5.41, 5.74) is 2.63. The van der Waals surface area contributed by atoms with Crippen LogP contribution in [0.1, 0.15) is 31.7 Å². The van der Waals surface area contributed by atoms with Gasteiger partial charge in [-0.25, -0.2) is 0 Å². The Morgan fingerprint density at radius 1 is 1.32 bits per heavy atom. The van der Waals surface area contributed by atoms with Crippen LogP contribution < -0.4 is 5.32 Å². The summed E-state index contributed by atoms with van der Waals surface area (Å²) in [5.74, 6) is 1.86. The van der Waals surface area contributed by atoms with Gasteiger partial charge in [0.15, 0.2) is 0 Å². The summed E-state index contributed by atoms with van der Waals surface area (Å²) in [6.45, 7) is 7.06. The number of nitrogens with zero attached hydrogens (tertiary/aromatic N) is 2. The number of hydrogen-bond acceptors (Lipinski definition) is 3. The van der Waals surface area contributed by atoms with Crippen molar-refractivity contribution in [1.29, 1.82) is 0 Å². The molecule has 2 heterocycles. The van der Waals surface area contributed by atoms with Crippen molar-refractivity contribution in [2.45, 2.75) is 37.8 Å². The van der Waals surface area contributed by atoms with Crippen molar-refractivity contribution in [2.24, 2.45) is 0 Å². The number of likely N-dealkylation sites (N-methyl/N-ethyl adjacent to an activating group) is 2. The second-order valence-corrected chi connectivity index (χ2v) is 7.36. The molecule has 1 amide bonds. The quantitative estimate of drug-likeness (QED) is 0.828. The number of halogens is 1. The normalized spacial score (nSPS) is 16.4. The van der Waals surface area contributed by atoms with Crippen molar-refractivity contribution in [1.82, 2.24) is 14.8 Å². The molecule has 1 aliphatic rings. The molecule has 1 atom stereocenters. The first-order chi connectivity index (χ1) is 11.7. The summed E-state index contributed by atoms with van der Waals surface area (Å²) in [4.78, 5) is 14.6. The molecule has 2 aromatic rings. The van der Waals surface area contributed by atoms with Crippen LogP contribution in [-0.2, 0) is 11.3 Å². The lowest BCUT2D eigenvalue weighted by atomic mass is 9.95. The molecule has 1 N–H and O–H groups in total. The molecule has 25 heavy (non-hydrogen) atoms. The van der Waals surface area contributed by atoms with Gasteiger partial charge >= 0.3 is 0 Å². The van der Waals surface area contributed by atoms with Gasteiger partial charge in [0.05, 0.1) is 5.03 Å². The molecule has 3 rings (SSSR count). The summed E-state index contributed by atoms with van der Waals surface area (Å²) >= 11 is 1.90. The fourth-order valence-corrected chi connectivity index (χ4v) is 5.06. The third kappa shape index (κ3) is 3.83. The van der Waals surface area contributed by atoms with Crippen LogP contribution in [0.5, 0.6) is 0 Å². The molecular formula is C19H28ClN3OS. The number of hydrogen-bond donors (Lipinski definition) is 1.